The second-order valence-electron chi connectivity index (χ2n) is 11.3. The van der Waals surface area contributed by atoms with Crippen LogP contribution in [0, 0.1) is 6.92 Å². The molecule has 0 spiro atoms. The second-order valence-corrected chi connectivity index (χ2v) is 11.3. The topological polar surface area (TPSA) is 50.8 Å². The van der Waals surface area contributed by atoms with Gasteiger partial charge in [0, 0.05) is 22.9 Å². The van der Waals surface area contributed by atoms with Gasteiger partial charge in [-0.05, 0) is 77.2 Å². The first-order chi connectivity index (χ1) is 20.0. The van der Waals surface area contributed by atoms with Gasteiger partial charge in [-0.2, -0.15) is 5.10 Å². The molecule has 0 bridgehead atoms. The standard InChI is InChI=1S/C37H31N3O/c1-25-22-34(40-39-25)26-12-10-14-28(23-26)41-29-15-11-13-27(24-29)37(35-20-8-9-21-38-35)32-18-6-4-16-30(32)36(2,3)31-17-5-7-19-33(31)37/h4-24H,1-3H3,(H,39,40). The van der Waals surface area contributed by atoms with Crippen LogP contribution in [0.15, 0.2) is 128 Å². The molecule has 200 valence electrons. The van der Waals surface area contributed by atoms with Crippen molar-refractivity contribution in [2.75, 3.05) is 0 Å². The summed E-state index contributed by atoms with van der Waals surface area (Å²) >= 11 is 0. The summed E-state index contributed by atoms with van der Waals surface area (Å²) in [7, 11) is 0. The second kappa shape index (κ2) is 9.60. The maximum Gasteiger partial charge on any atom is 0.128 e. The molecule has 1 aliphatic rings. The van der Waals surface area contributed by atoms with Gasteiger partial charge in [0.05, 0.1) is 16.8 Å². The highest BCUT2D eigenvalue weighted by atomic mass is 16.5. The Hall–Kier alpha value is -4.96. The van der Waals surface area contributed by atoms with Crippen molar-refractivity contribution >= 4 is 0 Å². The minimum absolute atomic E-state index is 0.162. The molecular weight excluding hydrogens is 502 g/mol. The van der Waals surface area contributed by atoms with Gasteiger partial charge in [-0.15, -0.1) is 0 Å². The van der Waals surface area contributed by atoms with E-state index in [-0.39, 0.29) is 5.41 Å². The van der Waals surface area contributed by atoms with Crippen LogP contribution in [0.2, 0.25) is 0 Å². The highest BCUT2D eigenvalue weighted by Gasteiger charge is 2.49. The normalized spacial score (nSPS) is 14.6. The number of ether oxygens (including phenoxy) is 1. The van der Waals surface area contributed by atoms with E-state index >= 15 is 0 Å². The quantitative estimate of drug-likeness (QED) is 0.241. The lowest BCUT2D eigenvalue weighted by Crippen LogP contribution is -2.42. The fourth-order valence-corrected chi connectivity index (χ4v) is 6.53. The maximum absolute atomic E-state index is 6.52. The average Bonchev–Trinajstić information content (AvgIpc) is 3.45. The zero-order valence-corrected chi connectivity index (χ0v) is 23.4. The molecule has 2 aromatic heterocycles. The van der Waals surface area contributed by atoms with Crippen molar-refractivity contribution < 1.29 is 4.74 Å². The highest BCUT2D eigenvalue weighted by molar-refractivity contribution is 5.69. The number of aryl methyl sites for hydroxylation is 1. The van der Waals surface area contributed by atoms with Crippen LogP contribution in [-0.2, 0) is 10.8 Å². The summed E-state index contributed by atoms with van der Waals surface area (Å²) < 4.78 is 6.52. The molecule has 0 atom stereocenters. The molecule has 0 saturated carbocycles. The Morgan fingerprint density at radius 2 is 1.27 bits per heavy atom. The van der Waals surface area contributed by atoms with Gasteiger partial charge in [0.1, 0.15) is 11.5 Å². The van der Waals surface area contributed by atoms with E-state index in [0.29, 0.717) is 0 Å². The fraction of sp³-hybridized carbons (Fsp3) is 0.135. The van der Waals surface area contributed by atoms with E-state index in [9.17, 15) is 0 Å². The van der Waals surface area contributed by atoms with Crippen LogP contribution in [0.25, 0.3) is 11.3 Å². The van der Waals surface area contributed by atoms with Crippen LogP contribution in [0.1, 0.15) is 53.1 Å². The number of pyridine rings is 1. The predicted octanol–water partition coefficient (Wildman–Crippen LogP) is 8.59. The number of fused-ring (bicyclic) bond motifs is 2. The van der Waals surface area contributed by atoms with Gasteiger partial charge in [-0.3, -0.25) is 10.1 Å². The molecule has 0 unspecified atom stereocenters. The van der Waals surface area contributed by atoms with Crippen molar-refractivity contribution in [2.24, 2.45) is 0 Å². The lowest BCUT2D eigenvalue weighted by Gasteiger charge is -2.47. The monoisotopic (exact) mass is 533 g/mol. The Balaban J connectivity index is 1.42. The first-order valence-electron chi connectivity index (χ1n) is 14.0. The maximum atomic E-state index is 6.52. The summed E-state index contributed by atoms with van der Waals surface area (Å²) in [6.45, 7) is 6.64. The lowest BCUT2D eigenvalue weighted by atomic mass is 9.55. The van der Waals surface area contributed by atoms with Gasteiger partial charge in [-0.25, -0.2) is 0 Å². The first kappa shape index (κ1) is 25.0. The lowest BCUT2D eigenvalue weighted by molar-refractivity contribution is 0.480. The van der Waals surface area contributed by atoms with Gasteiger partial charge < -0.3 is 4.74 Å². The summed E-state index contributed by atoms with van der Waals surface area (Å²) in [6, 6.07) is 42.4. The number of hydrogen-bond acceptors (Lipinski definition) is 3. The number of nitrogens with zero attached hydrogens (tertiary/aromatic N) is 2. The molecule has 4 nitrogen and oxygen atoms in total. The van der Waals surface area contributed by atoms with Crippen LogP contribution in [0.3, 0.4) is 0 Å². The van der Waals surface area contributed by atoms with Crippen LogP contribution < -0.4 is 4.74 Å². The third-order valence-corrected chi connectivity index (χ3v) is 8.40. The molecule has 6 aromatic rings. The number of aromatic nitrogens is 3. The predicted molar refractivity (Wildman–Crippen MR) is 164 cm³/mol. The van der Waals surface area contributed by atoms with Gasteiger partial charge in [0.25, 0.3) is 0 Å². The number of nitrogens with one attached hydrogen (secondary N) is 1. The molecule has 0 amide bonds. The molecule has 1 aliphatic carbocycles. The number of rotatable bonds is 5. The Bertz CT molecular complexity index is 1820. The fourth-order valence-electron chi connectivity index (χ4n) is 6.53. The highest BCUT2D eigenvalue weighted by Crippen LogP contribution is 2.55. The average molecular weight is 534 g/mol. The van der Waals surface area contributed by atoms with Crippen LogP contribution in [0.5, 0.6) is 11.5 Å². The summed E-state index contributed by atoms with van der Waals surface area (Å²) in [5.74, 6) is 1.53. The number of aromatic amines is 1. The smallest absolute Gasteiger partial charge is 0.128 e. The molecule has 1 N–H and O–H groups in total. The van der Waals surface area contributed by atoms with Crippen molar-refractivity contribution in [3.05, 3.63) is 167 Å². The van der Waals surface area contributed by atoms with Gasteiger partial charge in [-0.1, -0.05) is 92.7 Å². The van der Waals surface area contributed by atoms with E-state index < -0.39 is 5.41 Å². The van der Waals surface area contributed by atoms with Crippen molar-refractivity contribution in [1.29, 1.82) is 0 Å². The number of hydrogen-bond donors (Lipinski definition) is 1. The Kier molecular flexibility index (Phi) is 5.86. The van der Waals surface area contributed by atoms with Gasteiger partial charge in [0.2, 0.25) is 0 Å². The van der Waals surface area contributed by atoms with Crippen molar-refractivity contribution in [3.8, 4) is 22.8 Å². The molecule has 0 saturated heterocycles. The number of H-pyrrole nitrogens is 1. The van der Waals surface area contributed by atoms with E-state index in [1.54, 1.807) is 0 Å². The summed E-state index contributed by atoms with van der Waals surface area (Å²) in [4.78, 5) is 5.01. The molecule has 0 aliphatic heterocycles. The molecular formula is C37H31N3O. The van der Waals surface area contributed by atoms with E-state index in [2.05, 4.69) is 103 Å². The minimum atomic E-state index is -0.613. The van der Waals surface area contributed by atoms with E-state index in [4.69, 9.17) is 9.72 Å². The molecule has 0 radical (unpaired) electrons. The molecule has 7 rings (SSSR count). The third-order valence-electron chi connectivity index (χ3n) is 8.40. The Morgan fingerprint density at radius 3 is 1.90 bits per heavy atom. The third kappa shape index (κ3) is 3.98. The van der Waals surface area contributed by atoms with Crippen molar-refractivity contribution in [1.82, 2.24) is 15.2 Å². The van der Waals surface area contributed by atoms with Gasteiger partial charge in [0.15, 0.2) is 0 Å². The largest absolute Gasteiger partial charge is 0.457 e. The van der Waals surface area contributed by atoms with Crippen molar-refractivity contribution in [3.63, 3.8) is 0 Å². The minimum Gasteiger partial charge on any atom is -0.457 e. The number of benzene rings is 4. The molecule has 2 heterocycles. The molecule has 0 fully saturated rings. The van der Waals surface area contributed by atoms with Crippen molar-refractivity contribution in [2.45, 2.75) is 31.6 Å². The van der Waals surface area contributed by atoms with Crippen LogP contribution in [0.4, 0.5) is 0 Å². The van der Waals surface area contributed by atoms with Crippen LogP contribution in [-0.4, -0.2) is 15.2 Å². The zero-order valence-electron chi connectivity index (χ0n) is 23.4. The van der Waals surface area contributed by atoms with Crippen LogP contribution >= 0.6 is 0 Å². The van der Waals surface area contributed by atoms with E-state index in [1.807, 2.05) is 55.6 Å². The Labute approximate surface area is 240 Å². The zero-order chi connectivity index (χ0) is 28.0. The first-order valence-corrected chi connectivity index (χ1v) is 14.0. The summed E-state index contributed by atoms with van der Waals surface area (Å²) in [5, 5.41) is 7.44. The molecule has 4 heteroatoms. The van der Waals surface area contributed by atoms with E-state index in [0.717, 1.165) is 39.7 Å². The SMILES string of the molecule is Cc1cc(-c2cccc(Oc3cccc(C4(c5ccccn5)c5ccccc5C(C)(C)c5ccccc54)c3)c2)n[nH]1. The van der Waals surface area contributed by atoms with Gasteiger partial charge >= 0.3 is 0 Å². The Morgan fingerprint density at radius 1 is 0.634 bits per heavy atom. The summed E-state index contributed by atoms with van der Waals surface area (Å²) in [5.41, 5.74) is 9.35. The summed E-state index contributed by atoms with van der Waals surface area (Å²) in [6.07, 6.45) is 1.89. The van der Waals surface area contributed by atoms with E-state index in [1.165, 1.54) is 22.3 Å². The molecule has 4 aromatic carbocycles. The molecule has 41 heavy (non-hydrogen) atoms.